The molecule has 1 saturated carbocycles. The zero-order valence-electron chi connectivity index (χ0n) is 15.6. The van der Waals surface area contributed by atoms with E-state index in [2.05, 4.69) is 10.4 Å². The number of amides is 1. The fourth-order valence-electron chi connectivity index (χ4n) is 4.32. The summed E-state index contributed by atoms with van der Waals surface area (Å²) in [5.41, 5.74) is 2.45. The minimum absolute atomic E-state index is 0.0126. The number of hydrogen-bond acceptors (Lipinski definition) is 4. The van der Waals surface area contributed by atoms with Crippen molar-refractivity contribution in [3.8, 4) is 0 Å². The Kier molecular flexibility index (Phi) is 4.97. The zero-order valence-corrected chi connectivity index (χ0v) is 15.6. The topological polar surface area (TPSA) is 73.2 Å². The van der Waals surface area contributed by atoms with Gasteiger partial charge in [-0.25, -0.2) is 9.48 Å². The molecule has 1 aromatic heterocycles. The van der Waals surface area contributed by atoms with Crippen molar-refractivity contribution in [3.63, 3.8) is 0 Å². The first-order chi connectivity index (χ1) is 13.2. The molecule has 0 spiro atoms. The Labute approximate surface area is 158 Å². The molecule has 4 rings (SSSR count). The number of methoxy groups -OCH3 is 1. The molecule has 6 nitrogen and oxygen atoms in total. The lowest BCUT2D eigenvalue weighted by Crippen LogP contribution is -2.26. The lowest BCUT2D eigenvalue weighted by Gasteiger charge is -2.26. The highest BCUT2D eigenvalue weighted by Crippen LogP contribution is 2.38. The van der Waals surface area contributed by atoms with E-state index in [1.165, 1.54) is 39.2 Å². The number of aromatic nitrogens is 2. The highest BCUT2D eigenvalue weighted by Gasteiger charge is 2.31. The van der Waals surface area contributed by atoms with E-state index >= 15 is 0 Å². The molecule has 1 amide bonds. The first kappa shape index (κ1) is 17.8. The maximum Gasteiger partial charge on any atom is 0.337 e. The average molecular weight is 367 g/mol. The van der Waals surface area contributed by atoms with Crippen LogP contribution in [0, 0.1) is 5.92 Å². The molecule has 1 N–H and O–H groups in total. The van der Waals surface area contributed by atoms with E-state index in [0.717, 1.165) is 23.5 Å². The van der Waals surface area contributed by atoms with Crippen molar-refractivity contribution in [2.45, 2.75) is 51.0 Å². The van der Waals surface area contributed by atoms with Gasteiger partial charge in [-0.2, -0.15) is 5.10 Å². The Morgan fingerprint density at radius 2 is 2.11 bits per heavy atom. The van der Waals surface area contributed by atoms with Crippen molar-refractivity contribution in [2.75, 3.05) is 12.4 Å². The number of nitrogens with one attached hydrogen (secondary N) is 1. The van der Waals surface area contributed by atoms with Crippen molar-refractivity contribution in [1.82, 2.24) is 9.78 Å². The van der Waals surface area contributed by atoms with Gasteiger partial charge in [0.05, 0.1) is 18.9 Å². The summed E-state index contributed by atoms with van der Waals surface area (Å²) in [5.74, 6) is 0.957. The molecule has 1 fully saturated rings. The van der Waals surface area contributed by atoms with Crippen LogP contribution in [-0.4, -0.2) is 28.8 Å². The molecule has 2 aromatic rings. The number of benzene rings is 1. The molecule has 27 heavy (non-hydrogen) atoms. The number of ether oxygens (including phenoxy) is 1. The van der Waals surface area contributed by atoms with Crippen LogP contribution >= 0.6 is 0 Å². The molecule has 6 heteroatoms. The molecule has 142 valence electrons. The normalized spacial score (nSPS) is 20.0. The van der Waals surface area contributed by atoms with Gasteiger partial charge < -0.3 is 10.1 Å². The van der Waals surface area contributed by atoms with Crippen LogP contribution in [-0.2, 0) is 16.1 Å². The Balaban J connectivity index is 1.64. The second-order valence-corrected chi connectivity index (χ2v) is 7.56. The van der Waals surface area contributed by atoms with Crippen LogP contribution in [0.4, 0.5) is 5.82 Å². The van der Waals surface area contributed by atoms with E-state index in [0.29, 0.717) is 17.9 Å². The molecule has 1 aliphatic carbocycles. The first-order valence-electron chi connectivity index (χ1n) is 9.69. The number of rotatable bonds is 4. The molecule has 1 atom stereocenters. The third-order valence-corrected chi connectivity index (χ3v) is 5.76. The summed E-state index contributed by atoms with van der Waals surface area (Å²) in [6.07, 6.45) is 8.57. The largest absolute Gasteiger partial charge is 0.465 e. The third-order valence-electron chi connectivity index (χ3n) is 5.76. The van der Waals surface area contributed by atoms with Gasteiger partial charge >= 0.3 is 5.97 Å². The highest BCUT2D eigenvalue weighted by molar-refractivity contribution is 5.94. The number of hydrogen-bond donors (Lipinski definition) is 1. The zero-order chi connectivity index (χ0) is 18.8. The molecular weight excluding hydrogens is 342 g/mol. The highest BCUT2D eigenvalue weighted by atomic mass is 16.5. The summed E-state index contributed by atoms with van der Waals surface area (Å²) in [5, 5.41) is 7.60. The van der Waals surface area contributed by atoms with E-state index in [-0.39, 0.29) is 17.8 Å². The van der Waals surface area contributed by atoms with Crippen LogP contribution in [0.1, 0.15) is 65.9 Å². The van der Waals surface area contributed by atoms with E-state index in [4.69, 9.17) is 4.74 Å². The van der Waals surface area contributed by atoms with Crippen molar-refractivity contribution in [2.24, 2.45) is 5.92 Å². The second-order valence-electron chi connectivity index (χ2n) is 7.56. The van der Waals surface area contributed by atoms with Gasteiger partial charge in [0, 0.05) is 24.4 Å². The SMILES string of the molecule is COC(=O)c1cccc(C2CC(=O)Nc3c2cnn3CC2CCCCC2)c1. The predicted molar refractivity (Wildman–Crippen MR) is 102 cm³/mol. The summed E-state index contributed by atoms with van der Waals surface area (Å²) in [6, 6.07) is 7.33. The minimum Gasteiger partial charge on any atom is -0.465 e. The van der Waals surface area contributed by atoms with Gasteiger partial charge in [-0.05, 0) is 36.5 Å². The smallest absolute Gasteiger partial charge is 0.337 e. The van der Waals surface area contributed by atoms with Gasteiger partial charge in [-0.1, -0.05) is 31.4 Å². The maximum atomic E-state index is 12.4. The summed E-state index contributed by atoms with van der Waals surface area (Å²) >= 11 is 0. The van der Waals surface area contributed by atoms with Gasteiger partial charge in [0.15, 0.2) is 0 Å². The van der Waals surface area contributed by atoms with Gasteiger partial charge in [0.2, 0.25) is 5.91 Å². The van der Waals surface area contributed by atoms with Crippen molar-refractivity contribution in [3.05, 3.63) is 47.2 Å². The molecule has 2 aliphatic rings. The average Bonchev–Trinajstić information content (AvgIpc) is 3.10. The van der Waals surface area contributed by atoms with E-state index in [1.54, 1.807) is 6.07 Å². The van der Waals surface area contributed by atoms with Crippen LogP contribution < -0.4 is 5.32 Å². The Bertz CT molecular complexity index is 852. The van der Waals surface area contributed by atoms with Crippen LogP contribution in [0.2, 0.25) is 0 Å². The number of fused-ring (bicyclic) bond motifs is 1. The predicted octanol–water partition coefficient (Wildman–Crippen LogP) is 3.72. The van der Waals surface area contributed by atoms with Crippen molar-refractivity contribution in [1.29, 1.82) is 0 Å². The van der Waals surface area contributed by atoms with Gasteiger partial charge in [-0.3, -0.25) is 4.79 Å². The minimum atomic E-state index is -0.370. The van der Waals surface area contributed by atoms with Crippen molar-refractivity contribution < 1.29 is 14.3 Å². The van der Waals surface area contributed by atoms with Crippen LogP contribution in [0.25, 0.3) is 0 Å². The standard InChI is InChI=1S/C21H25N3O3/c1-27-21(26)16-9-5-8-15(10-16)17-11-19(25)23-20-18(17)12-22-24(20)13-14-6-3-2-4-7-14/h5,8-10,12,14,17H,2-4,6-7,11,13H2,1H3,(H,23,25). The summed E-state index contributed by atoms with van der Waals surface area (Å²) in [7, 11) is 1.37. The fraction of sp³-hybridized carbons (Fsp3) is 0.476. The monoisotopic (exact) mass is 367 g/mol. The fourth-order valence-corrected chi connectivity index (χ4v) is 4.32. The second kappa shape index (κ2) is 7.55. The van der Waals surface area contributed by atoms with Gasteiger partial charge in [0.1, 0.15) is 5.82 Å². The van der Waals surface area contributed by atoms with E-state index in [1.807, 2.05) is 29.1 Å². The molecule has 0 bridgehead atoms. The number of nitrogens with zero attached hydrogens (tertiary/aromatic N) is 2. The lowest BCUT2D eigenvalue weighted by molar-refractivity contribution is -0.116. The maximum absolute atomic E-state index is 12.4. The van der Waals surface area contributed by atoms with Crippen LogP contribution in [0.3, 0.4) is 0 Å². The number of anilines is 1. The summed E-state index contributed by atoms with van der Waals surface area (Å²) in [4.78, 5) is 24.2. The number of esters is 1. The number of carbonyl (C=O) groups is 2. The Hall–Kier alpha value is -2.63. The molecule has 1 unspecified atom stereocenters. The quantitative estimate of drug-likeness (QED) is 0.836. The number of carbonyl (C=O) groups excluding carboxylic acids is 2. The Morgan fingerprint density at radius 3 is 2.89 bits per heavy atom. The van der Waals surface area contributed by atoms with Crippen LogP contribution in [0.5, 0.6) is 0 Å². The molecule has 0 saturated heterocycles. The van der Waals surface area contributed by atoms with E-state index < -0.39 is 0 Å². The summed E-state index contributed by atoms with van der Waals surface area (Å²) < 4.78 is 6.78. The molecule has 0 radical (unpaired) electrons. The first-order valence-corrected chi connectivity index (χ1v) is 9.69. The molecule has 1 aromatic carbocycles. The van der Waals surface area contributed by atoms with Crippen LogP contribution in [0.15, 0.2) is 30.5 Å². The Morgan fingerprint density at radius 1 is 1.30 bits per heavy atom. The summed E-state index contributed by atoms with van der Waals surface area (Å²) in [6.45, 7) is 0.852. The van der Waals surface area contributed by atoms with E-state index in [9.17, 15) is 9.59 Å². The molecular formula is C21H25N3O3. The van der Waals surface area contributed by atoms with Crippen molar-refractivity contribution >= 4 is 17.7 Å². The lowest BCUT2D eigenvalue weighted by atomic mass is 9.86. The molecule has 1 aliphatic heterocycles. The van der Waals surface area contributed by atoms with Gasteiger partial charge in [-0.15, -0.1) is 0 Å². The van der Waals surface area contributed by atoms with Gasteiger partial charge in [0.25, 0.3) is 0 Å². The molecule has 2 heterocycles. The third kappa shape index (κ3) is 3.61.